The number of aliphatic hydroxyl groups excluding tert-OH is 5. The molecule has 9 nitrogen and oxygen atoms in total. The van der Waals surface area contributed by atoms with Gasteiger partial charge in [0.05, 0.1) is 19.4 Å². The Kier molecular flexibility index (Phi) is 9.25. The first-order chi connectivity index (χ1) is 10.5. The standard InChI is InChI=1S/C14H26O9/c1-14(2,3)23-11(19)5-4-10(18)22-7-9(17)13(21)12(20)8(16)6-15/h8-9,12-13,15-17,20-21H,4-7H2,1-3H3. The lowest BCUT2D eigenvalue weighted by Gasteiger charge is -2.25. The number of rotatable bonds is 9. The molecule has 0 aliphatic carbocycles. The number of hydrogen-bond acceptors (Lipinski definition) is 9. The number of ether oxygens (including phenoxy) is 2. The Balaban J connectivity index is 4.11. The average Bonchev–Trinajstić information content (AvgIpc) is 2.46. The van der Waals surface area contributed by atoms with Gasteiger partial charge in [-0.1, -0.05) is 0 Å². The van der Waals surface area contributed by atoms with Crippen molar-refractivity contribution in [2.75, 3.05) is 13.2 Å². The predicted octanol–water partition coefficient (Wildman–Crippen LogP) is -1.91. The third kappa shape index (κ3) is 9.47. The van der Waals surface area contributed by atoms with Gasteiger partial charge in [-0.05, 0) is 20.8 Å². The molecule has 9 heteroatoms. The van der Waals surface area contributed by atoms with Gasteiger partial charge >= 0.3 is 11.9 Å². The summed E-state index contributed by atoms with van der Waals surface area (Å²) in [6.07, 6.45) is -7.36. The van der Waals surface area contributed by atoms with Gasteiger partial charge in [0.15, 0.2) is 0 Å². The van der Waals surface area contributed by atoms with Gasteiger partial charge in [-0.15, -0.1) is 0 Å². The molecule has 0 heterocycles. The predicted molar refractivity (Wildman–Crippen MR) is 77.2 cm³/mol. The molecule has 0 spiro atoms. The second-order valence-corrected chi connectivity index (χ2v) is 6.07. The Morgan fingerprint density at radius 3 is 1.87 bits per heavy atom. The summed E-state index contributed by atoms with van der Waals surface area (Å²) in [5, 5.41) is 46.2. The minimum atomic E-state index is -1.81. The van der Waals surface area contributed by atoms with E-state index in [0.29, 0.717) is 0 Å². The molecule has 4 unspecified atom stereocenters. The molecule has 0 bridgehead atoms. The molecule has 0 saturated heterocycles. The molecule has 0 aromatic rings. The molecule has 0 aromatic heterocycles. The first kappa shape index (κ1) is 21.7. The lowest BCUT2D eigenvalue weighted by molar-refractivity contribution is -0.161. The zero-order chi connectivity index (χ0) is 18.2. The van der Waals surface area contributed by atoms with E-state index in [1.54, 1.807) is 20.8 Å². The first-order valence-corrected chi connectivity index (χ1v) is 7.18. The molecule has 0 rings (SSSR count). The van der Waals surface area contributed by atoms with Crippen LogP contribution in [-0.2, 0) is 19.1 Å². The highest BCUT2D eigenvalue weighted by Crippen LogP contribution is 2.10. The summed E-state index contributed by atoms with van der Waals surface area (Å²) in [6, 6.07) is 0. The van der Waals surface area contributed by atoms with E-state index in [1.165, 1.54) is 0 Å². The topological polar surface area (TPSA) is 154 Å². The van der Waals surface area contributed by atoms with Crippen molar-refractivity contribution < 1.29 is 44.6 Å². The molecule has 0 fully saturated rings. The highest BCUT2D eigenvalue weighted by Gasteiger charge is 2.30. The summed E-state index contributed by atoms with van der Waals surface area (Å²) in [4.78, 5) is 22.8. The Bertz CT molecular complexity index is 377. The number of carbonyl (C=O) groups is 2. The van der Waals surface area contributed by atoms with Gasteiger partial charge in [0.25, 0.3) is 0 Å². The van der Waals surface area contributed by atoms with Crippen LogP contribution in [-0.4, -0.2) is 80.7 Å². The van der Waals surface area contributed by atoms with Crippen molar-refractivity contribution in [3.63, 3.8) is 0 Å². The van der Waals surface area contributed by atoms with Gasteiger partial charge < -0.3 is 35.0 Å². The van der Waals surface area contributed by atoms with Crippen LogP contribution in [0, 0.1) is 0 Å². The van der Waals surface area contributed by atoms with Crippen molar-refractivity contribution in [2.45, 2.75) is 63.6 Å². The molecule has 0 aliphatic rings. The molecule has 0 amide bonds. The van der Waals surface area contributed by atoms with Gasteiger partial charge in [0.1, 0.15) is 36.6 Å². The van der Waals surface area contributed by atoms with E-state index in [-0.39, 0.29) is 12.8 Å². The summed E-state index contributed by atoms with van der Waals surface area (Å²) in [7, 11) is 0. The molecule has 23 heavy (non-hydrogen) atoms. The number of carbonyl (C=O) groups excluding carboxylic acids is 2. The van der Waals surface area contributed by atoms with E-state index in [1.807, 2.05) is 0 Å². The SMILES string of the molecule is CC(C)(C)OC(=O)CCC(=O)OCC(O)C(O)C(O)C(O)CO. The minimum absolute atomic E-state index is 0.194. The van der Waals surface area contributed by atoms with Crippen LogP contribution in [0.3, 0.4) is 0 Å². The monoisotopic (exact) mass is 338 g/mol. The van der Waals surface area contributed by atoms with E-state index < -0.39 is 55.2 Å². The molecule has 4 atom stereocenters. The number of aliphatic hydroxyl groups is 5. The van der Waals surface area contributed by atoms with Crippen molar-refractivity contribution >= 4 is 11.9 Å². The Morgan fingerprint density at radius 2 is 1.39 bits per heavy atom. The van der Waals surface area contributed by atoms with Gasteiger partial charge in [-0.3, -0.25) is 9.59 Å². The smallest absolute Gasteiger partial charge is 0.306 e. The number of esters is 2. The Morgan fingerprint density at radius 1 is 0.913 bits per heavy atom. The van der Waals surface area contributed by atoms with Gasteiger partial charge in [-0.25, -0.2) is 0 Å². The van der Waals surface area contributed by atoms with Gasteiger partial charge in [-0.2, -0.15) is 0 Å². The Hall–Kier alpha value is -1.26. The van der Waals surface area contributed by atoms with Crippen molar-refractivity contribution in [1.29, 1.82) is 0 Å². The molecule has 0 aliphatic heterocycles. The van der Waals surface area contributed by atoms with Crippen LogP contribution in [0.15, 0.2) is 0 Å². The van der Waals surface area contributed by atoms with Crippen molar-refractivity contribution in [2.24, 2.45) is 0 Å². The van der Waals surface area contributed by atoms with Crippen molar-refractivity contribution in [1.82, 2.24) is 0 Å². The fourth-order valence-corrected chi connectivity index (χ4v) is 1.51. The summed E-state index contributed by atoms with van der Waals surface area (Å²) < 4.78 is 9.66. The third-order valence-corrected chi connectivity index (χ3v) is 2.69. The first-order valence-electron chi connectivity index (χ1n) is 7.18. The maximum absolute atomic E-state index is 11.4. The fraction of sp³-hybridized carbons (Fsp3) is 0.857. The van der Waals surface area contributed by atoms with E-state index in [4.69, 9.17) is 14.9 Å². The number of hydrogen-bond donors (Lipinski definition) is 5. The summed E-state index contributed by atoms with van der Waals surface area (Å²) >= 11 is 0. The van der Waals surface area contributed by atoms with Gasteiger partial charge in [0, 0.05) is 0 Å². The maximum Gasteiger partial charge on any atom is 0.306 e. The second-order valence-electron chi connectivity index (χ2n) is 6.07. The van der Waals surface area contributed by atoms with Crippen LogP contribution < -0.4 is 0 Å². The van der Waals surface area contributed by atoms with Crippen LogP contribution in [0.4, 0.5) is 0 Å². The third-order valence-electron chi connectivity index (χ3n) is 2.69. The zero-order valence-corrected chi connectivity index (χ0v) is 13.5. The molecule has 0 aromatic carbocycles. The van der Waals surface area contributed by atoms with Crippen LogP contribution >= 0.6 is 0 Å². The second kappa shape index (κ2) is 9.78. The minimum Gasteiger partial charge on any atom is -0.463 e. The molecule has 0 saturated carbocycles. The van der Waals surface area contributed by atoms with Gasteiger partial charge in [0.2, 0.25) is 0 Å². The summed E-state index contributed by atoms with van der Waals surface area (Å²) in [5.41, 5.74) is -0.662. The van der Waals surface area contributed by atoms with Crippen molar-refractivity contribution in [3.05, 3.63) is 0 Å². The summed E-state index contributed by atoms with van der Waals surface area (Å²) in [6.45, 7) is 3.62. The highest BCUT2D eigenvalue weighted by atomic mass is 16.6. The molecular formula is C14H26O9. The Labute approximate surface area is 134 Å². The lowest BCUT2D eigenvalue weighted by atomic mass is 10.0. The zero-order valence-electron chi connectivity index (χ0n) is 13.5. The lowest BCUT2D eigenvalue weighted by Crippen LogP contribution is -2.47. The van der Waals surface area contributed by atoms with Crippen molar-refractivity contribution in [3.8, 4) is 0 Å². The largest absolute Gasteiger partial charge is 0.463 e. The van der Waals surface area contributed by atoms with E-state index >= 15 is 0 Å². The highest BCUT2D eigenvalue weighted by molar-refractivity contribution is 5.77. The van der Waals surface area contributed by atoms with Crippen LogP contribution in [0.2, 0.25) is 0 Å². The molecular weight excluding hydrogens is 312 g/mol. The maximum atomic E-state index is 11.4. The van der Waals surface area contributed by atoms with E-state index in [2.05, 4.69) is 4.74 Å². The summed E-state index contributed by atoms with van der Waals surface area (Å²) in [5.74, 6) is -1.36. The fourth-order valence-electron chi connectivity index (χ4n) is 1.51. The average molecular weight is 338 g/mol. The molecule has 136 valence electrons. The quantitative estimate of drug-likeness (QED) is 0.303. The van der Waals surface area contributed by atoms with Crippen LogP contribution in [0.25, 0.3) is 0 Å². The van der Waals surface area contributed by atoms with Crippen LogP contribution in [0.5, 0.6) is 0 Å². The molecule has 0 radical (unpaired) electrons. The van der Waals surface area contributed by atoms with E-state index in [0.717, 1.165) is 0 Å². The molecule has 5 N–H and O–H groups in total. The normalized spacial score (nSPS) is 17.0. The van der Waals surface area contributed by atoms with Crippen LogP contribution in [0.1, 0.15) is 33.6 Å². The van der Waals surface area contributed by atoms with E-state index in [9.17, 15) is 24.9 Å².